The number of phenols is 1. The summed E-state index contributed by atoms with van der Waals surface area (Å²) in [5, 5.41) is 20.7. The Bertz CT molecular complexity index is 683. The van der Waals surface area contributed by atoms with E-state index >= 15 is 0 Å². The van der Waals surface area contributed by atoms with Crippen LogP contribution in [0.15, 0.2) is 23.8 Å². The van der Waals surface area contributed by atoms with Gasteiger partial charge in [0.1, 0.15) is 6.10 Å². The Morgan fingerprint density at radius 1 is 1.38 bits per heavy atom. The van der Waals surface area contributed by atoms with E-state index in [1.807, 2.05) is 6.07 Å². The summed E-state index contributed by atoms with van der Waals surface area (Å²) >= 11 is 0. The number of piperidine rings is 1. The standard InChI is InChI=1S/C17H19NO3/c1-18-7-6-17-10-3-5-13(20)16(17)21-15-12(19)4-2-9(14(15)17)8-11(10)18/h2-4,11,13,16,19-20H,5-8H2,1H3/t11-,13-,16+,17+/m1/s1. The van der Waals surface area contributed by atoms with Crippen LogP contribution in [0, 0.1) is 0 Å². The number of benzene rings is 1. The van der Waals surface area contributed by atoms with Crippen molar-refractivity contribution in [1.82, 2.24) is 4.90 Å². The van der Waals surface area contributed by atoms with Crippen LogP contribution in [0.5, 0.6) is 11.5 Å². The molecule has 2 heterocycles. The average Bonchev–Trinajstić information content (AvgIpc) is 2.83. The summed E-state index contributed by atoms with van der Waals surface area (Å²) < 4.78 is 6.10. The van der Waals surface area contributed by atoms with E-state index in [0.29, 0.717) is 18.2 Å². The normalized spacial score (nSPS) is 39.5. The zero-order chi connectivity index (χ0) is 14.4. The van der Waals surface area contributed by atoms with Gasteiger partial charge in [0, 0.05) is 11.6 Å². The Morgan fingerprint density at radius 2 is 2.24 bits per heavy atom. The number of rotatable bonds is 0. The molecule has 110 valence electrons. The van der Waals surface area contributed by atoms with E-state index in [9.17, 15) is 10.2 Å². The molecule has 1 fully saturated rings. The maximum absolute atomic E-state index is 10.5. The fourth-order valence-corrected chi connectivity index (χ4v) is 5.09. The van der Waals surface area contributed by atoms with E-state index in [4.69, 9.17) is 4.74 Å². The molecule has 0 amide bonds. The quantitative estimate of drug-likeness (QED) is 0.706. The number of aliphatic hydroxyl groups excluding tert-OH is 1. The predicted molar refractivity (Wildman–Crippen MR) is 77.6 cm³/mol. The lowest BCUT2D eigenvalue weighted by molar-refractivity contribution is -0.0123. The van der Waals surface area contributed by atoms with Crippen molar-refractivity contribution in [1.29, 1.82) is 0 Å². The molecule has 21 heavy (non-hydrogen) atoms. The van der Waals surface area contributed by atoms with Crippen LogP contribution >= 0.6 is 0 Å². The number of aromatic hydroxyl groups is 1. The molecule has 1 spiro atoms. The SMILES string of the molecule is CN1CC[C@@]23C4=CC[C@@H](O)[C@@H]2Oc2c(O)ccc(c23)C[C@H]41. The minimum absolute atomic E-state index is 0.210. The third-order valence-electron chi connectivity index (χ3n) is 6.01. The summed E-state index contributed by atoms with van der Waals surface area (Å²) in [6.45, 7) is 1.00. The van der Waals surface area contributed by atoms with Crippen LogP contribution in [0.1, 0.15) is 24.0 Å². The van der Waals surface area contributed by atoms with Crippen LogP contribution in [-0.4, -0.2) is 47.0 Å². The lowest BCUT2D eigenvalue weighted by atomic mass is 9.56. The summed E-state index contributed by atoms with van der Waals surface area (Å²) in [5.74, 6) is 0.828. The lowest BCUT2D eigenvalue weighted by Gasteiger charge is -2.54. The fourth-order valence-electron chi connectivity index (χ4n) is 5.09. The zero-order valence-electron chi connectivity index (χ0n) is 12.0. The Labute approximate surface area is 123 Å². The Kier molecular flexibility index (Phi) is 2.08. The molecule has 2 aliphatic carbocycles. The van der Waals surface area contributed by atoms with Gasteiger partial charge in [0.25, 0.3) is 0 Å². The van der Waals surface area contributed by atoms with E-state index in [1.54, 1.807) is 6.07 Å². The van der Waals surface area contributed by atoms with E-state index in [0.717, 1.165) is 24.9 Å². The third-order valence-corrected chi connectivity index (χ3v) is 6.01. The molecule has 4 atom stereocenters. The Hall–Kier alpha value is -1.52. The van der Waals surface area contributed by atoms with Gasteiger partial charge in [-0.15, -0.1) is 0 Å². The summed E-state index contributed by atoms with van der Waals surface area (Å²) in [7, 11) is 2.18. The molecular formula is C17H19NO3. The summed E-state index contributed by atoms with van der Waals surface area (Å²) in [5.41, 5.74) is 3.62. The first-order valence-corrected chi connectivity index (χ1v) is 7.74. The highest BCUT2D eigenvalue weighted by atomic mass is 16.5. The molecule has 0 aromatic heterocycles. The first-order valence-electron chi connectivity index (χ1n) is 7.74. The van der Waals surface area contributed by atoms with Crippen LogP contribution < -0.4 is 4.74 Å². The first-order chi connectivity index (χ1) is 10.1. The van der Waals surface area contributed by atoms with Crippen LogP contribution in [0.3, 0.4) is 0 Å². The summed E-state index contributed by atoms with van der Waals surface area (Å²) in [4.78, 5) is 2.42. The van der Waals surface area contributed by atoms with Crippen molar-refractivity contribution in [3.63, 3.8) is 0 Å². The number of likely N-dealkylation sites (tertiary alicyclic amines) is 1. The van der Waals surface area contributed by atoms with Gasteiger partial charge in [-0.1, -0.05) is 12.1 Å². The molecule has 1 aromatic carbocycles. The molecule has 0 unspecified atom stereocenters. The molecule has 4 aliphatic rings. The molecule has 2 N–H and O–H groups in total. The topological polar surface area (TPSA) is 52.9 Å². The van der Waals surface area contributed by atoms with Crippen molar-refractivity contribution in [2.45, 2.75) is 42.9 Å². The highest BCUT2D eigenvalue weighted by molar-refractivity contribution is 5.65. The summed E-state index contributed by atoms with van der Waals surface area (Å²) in [6.07, 6.45) is 4.07. The minimum atomic E-state index is -0.490. The molecule has 0 saturated carbocycles. The number of aliphatic hydroxyl groups is 1. The molecule has 1 saturated heterocycles. The average molecular weight is 285 g/mol. The Morgan fingerprint density at radius 3 is 3.10 bits per heavy atom. The second kappa shape index (κ2) is 3.62. The zero-order valence-corrected chi connectivity index (χ0v) is 12.0. The van der Waals surface area contributed by atoms with E-state index in [1.165, 1.54) is 11.1 Å². The van der Waals surface area contributed by atoms with Gasteiger partial charge in [0.05, 0.1) is 11.5 Å². The molecule has 1 aromatic rings. The van der Waals surface area contributed by atoms with Crippen molar-refractivity contribution < 1.29 is 14.9 Å². The maximum atomic E-state index is 10.5. The number of hydrogen-bond acceptors (Lipinski definition) is 4. The largest absolute Gasteiger partial charge is 0.504 e. The molecule has 2 aliphatic heterocycles. The second-order valence-corrected chi connectivity index (χ2v) is 6.87. The van der Waals surface area contributed by atoms with Crippen molar-refractivity contribution in [2.75, 3.05) is 13.6 Å². The van der Waals surface area contributed by atoms with Gasteiger partial charge in [-0.2, -0.15) is 0 Å². The van der Waals surface area contributed by atoms with Gasteiger partial charge < -0.3 is 14.9 Å². The van der Waals surface area contributed by atoms with Crippen molar-refractivity contribution in [3.8, 4) is 11.5 Å². The third kappa shape index (κ3) is 1.21. The van der Waals surface area contributed by atoms with Gasteiger partial charge in [-0.05, 0) is 50.1 Å². The highest BCUT2D eigenvalue weighted by Crippen LogP contribution is 2.62. The van der Waals surface area contributed by atoms with Crippen molar-refractivity contribution in [2.24, 2.45) is 0 Å². The Balaban J connectivity index is 1.86. The smallest absolute Gasteiger partial charge is 0.166 e. The van der Waals surface area contributed by atoms with Gasteiger partial charge in [-0.25, -0.2) is 0 Å². The number of hydrogen-bond donors (Lipinski definition) is 2. The molecule has 0 radical (unpaired) electrons. The summed E-state index contributed by atoms with van der Waals surface area (Å²) in [6, 6.07) is 4.17. The van der Waals surface area contributed by atoms with Gasteiger partial charge >= 0.3 is 0 Å². The second-order valence-electron chi connectivity index (χ2n) is 6.87. The number of nitrogens with zero attached hydrogens (tertiary/aromatic N) is 1. The minimum Gasteiger partial charge on any atom is -0.504 e. The monoisotopic (exact) mass is 285 g/mol. The maximum Gasteiger partial charge on any atom is 0.166 e. The molecular weight excluding hydrogens is 266 g/mol. The van der Waals surface area contributed by atoms with Crippen LogP contribution in [0.2, 0.25) is 0 Å². The van der Waals surface area contributed by atoms with Crippen LogP contribution in [-0.2, 0) is 11.8 Å². The van der Waals surface area contributed by atoms with E-state index in [-0.39, 0.29) is 17.3 Å². The van der Waals surface area contributed by atoms with Crippen LogP contribution in [0.25, 0.3) is 0 Å². The number of likely N-dealkylation sites (N-methyl/N-ethyl adjacent to an activating group) is 1. The van der Waals surface area contributed by atoms with E-state index in [2.05, 4.69) is 18.0 Å². The first kappa shape index (κ1) is 12.1. The molecule has 5 rings (SSSR count). The molecule has 4 nitrogen and oxygen atoms in total. The van der Waals surface area contributed by atoms with Gasteiger partial charge in [-0.3, -0.25) is 4.90 Å². The number of ether oxygens (including phenoxy) is 1. The predicted octanol–water partition coefficient (Wildman–Crippen LogP) is 1.34. The lowest BCUT2D eigenvalue weighted by Crippen LogP contribution is -2.61. The van der Waals surface area contributed by atoms with Crippen molar-refractivity contribution in [3.05, 3.63) is 34.9 Å². The van der Waals surface area contributed by atoms with E-state index < -0.39 is 6.10 Å². The fraction of sp³-hybridized carbons (Fsp3) is 0.529. The number of phenolic OH excluding ortho intramolecular Hbond substituents is 1. The van der Waals surface area contributed by atoms with Crippen LogP contribution in [0.4, 0.5) is 0 Å². The van der Waals surface area contributed by atoms with Crippen molar-refractivity contribution >= 4 is 0 Å². The van der Waals surface area contributed by atoms with Gasteiger partial charge in [0.15, 0.2) is 11.5 Å². The highest BCUT2D eigenvalue weighted by Gasteiger charge is 2.62. The molecule has 2 bridgehead atoms. The van der Waals surface area contributed by atoms with Gasteiger partial charge in [0.2, 0.25) is 0 Å². The molecule has 4 heteroatoms.